The molecule has 2 aromatic heterocycles. The van der Waals surface area contributed by atoms with Gasteiger partial charge in [-0.05, 0) is 31.0 Å². The maximum atomic E-state index is 11.5. The third-order valence-electron chi connectivity index (χ3n) is 4.46. The van der Waals surface area contributed by atoms with Gasteiger partial charge in [0.25, 0.3) is 5.91 Å². The van der Waals surface area contributed by atoms with Crippen LogP contribution in [0.5, 0.6) is 0 Å². The number of nitrogens with zero attached hydrogens (tertiary/aromatic N) is 3. The molecule has 0 bridgehead atoms. The van der Waals surface area contributed by atoms with Gasteiger partial charge >= 0.3 is 0 Å². The van der Waals surface area contributed by atoms with E-state index in [9.17, 15) is 4.79 Å². The minimum atomic E-state index is -0.691. The largest absolute Gasteiger partial charge is 0.396 e. The number of carbonyl (C=O) groups is 1. The molecule has 0 aliphatic rings. The third-order valence-corrected chi connectivity index (χ3v) is 4.46. The van der Waals surface area contributed by atoms with Crippen molar-refractivity contribution in [3.63, 3.8) is 0 Å². The average Bonchev–Trinajstić information content (AvgIpc) is 2.95. The van der Waals surface area contributed by atoms with Gasteiger partial charge in [0.05, 0.1) is 16.9 Å². The Morgan fingerprint density at radius 2 is 1.84 bits per heavy atom. The van der Waals surface area contributed by atoms with Crippen LogP contribution in [-0.2, 0) is 0 Å². The molecule has 25 heavy (non-hydrogen) atoms. The lowest BCUT2D eigenvalue weighted by Crippen LogP contribution is -2.16. The number of hydrogen-bond donors (Lipinski definition) is 3. The molecule has 0 unspecified atom stereocenters. The molecule has 4 aromatic rings. The van der Waals surface area contributed by atoms with Gasteiger partial charge in [0.1, 0.15) is 5.52 Å². The zero-order chi connectivity index (χ0) is 17.7. The maximum Gasteiger partial charge on any atom is 0.271 e. The van der Waals surface area contributed by atoms with E-state index in [1.807, 2.05) is 44.2 Å². The van der Waals surface area contributed by atoms with E-state index in [-0.39, 0.29) is 11.4 Å². The lowest BCUT2D eigenvalue weighted by Gasteiger charge is -2.12. The van der Waals surface area contributed by atoms with Crippen molar-refractivity contribution < 1.29 is 4.79 Å². The fraction of sp³-hybridized carbons (Fsp3) is 0.111. The predicted molar refractivity (Wildman–Crippen MR) is 97.0 cm³/mol. The van der Waals surface area contributed by atoms with Crippen LogP contribution in [-0.4, -0.2) is 26.3 Å². The normalized spacial score (nSPS) is 11.3. The standard InChI is InChI=1S/C18H16N6O/c1-8-3-5-12-15(19)17(18(20)25)24-23-16(12)14(8)10-4-6-11-9(2)21-22-13(11)7-10/h3-7H,1-2H3,(H2,19,23)(H2,20,25)(H,21,22). The van der Waals surface area contributed by atoms with Gasteiger partial charge in [-0.25, -0.2) is 0 Å². The fourth-order valence-corrected chi connectivity index (χ4v) is 3.15. The Labute approximate surface area is 143 Å². The first-order valence-corrected chi connectivity index (χ1v) is 7.77. The summed E-state index contributed by atoms with van der Waals surface area (Å²) in [7, 11) is 0. The van der Waals surface area contributed by atoms with E-state index in [2.05, 4.69) is 20.4 Å². The number of nitrogens with two attached hydrogens (primary N) is 2. The van der Waals surface area contributed by atoms with Crippen molar-refractivity contribution in [1.82, 2.24) is 20.4 Å². The number of nitrogen functional groups attached to an aromatic ring is 1. The van der Waals surface area contributed by atoms with E-state index >= 15 is 0 Å². The molecule has 5 N–H and O–H groups in total. The molecule has 124 valence electrons. The van der Waals surface area contributed by atoms with Gasteiger partial charge in [-0.1, -0.05) is 24.3 Å². The number of carbonyl (C=O) groups excluding carboxylic acids is 1. The highest BCUT2D eigenvalue weighted by molar-refractivity contribution is 6.08. The predicted octanol–water partition coefficient (Wildman–Crippen LogP) is 2.47. The number of hydrogen-bond acceptors (Lipinski definition) is 5. The highest BCUT2D eigenvalue weighted by Crippen LogP contribution is 2.34. The summed E-state index contributed by atoms with van der Waals surface area (Å²) in [5, 5.41) is 17.2. The summed E-state index contributed by atoms with van der Waals surface area (Å²) in [6.07, 6.45) is 0. The lowest BCUT2D eigenvalue weighted by atomic mass is 9.95. The molecule has 0 aliphatic heterocycles. The Morgan fingerprint density at radius 3 is 2.60 bits per heavy atom. The molecule has 0 saturated heterocycles. The maximum absolute atomic E-state index is 11.5. The van der Waals surface area contributed by atoms with Gasteiger partial charge in [-0.2, -0.15) is 5.10 Å². The minimum absolute atomic E-state index is 0.0121. The van der Waals surface area contributed by atoms with Crippen molar-refractivity contribution in [2.75, 3.05) is 5.73 Å². The molecule has 2 heterocycles. The van der Waals surface area contributed by atoms with Crippen LogP contribution in [0.2, 0.25) is 0 Å². The Kier molecular flexibility index (Phi) is 3.18. The molecule has 0 atom stereocenters. The molecule has 1 amide bonds. The summed E-state index contributed by atoms with van der Waals surface area (Å²) in [6.45, 7) is 3.95. The zero-order valence-electron chi connectivity index (χ0n) is 13.8. The molecular formula is C18H16N6O. The number of H-pyrrole nitrogens is 1. The Morgan fingerprint density at radius 1 is 1.08 bits per heavy atom. The number of aromatic amines is 1. The fourth-order valence-electron chi connectivity index (χ4n) is 3.15. The molecule has 0 spiro atoms. The van der Waals surface area contributed by atoms with Gasteiger partial charge in [0.2, 0.25) is 0 Å². The minimum Gasteiger partial charge on any atom is -0.396 e. The number of primary amides is 1. The topological polar surface area (TPSA) is 124 Å². The molecule has 0 fully saturated rings. The highest BCUT2D eigenvalue weighted by Gasteiger charge is 2.17. The number of amides is 1. The number of anilines is 1. The van der Waals surface area contributed by atoms with Crippen LogP contribution in [0.4, 0.5) is 5.69 Å². The van der Waals surface area contributed by atoms with Crippen molar-refractivity contribution in [3.05, 3.63) is 47.3 Å². The van der Waals surface area contributed by atoms with E-state index < -0.39 is 5.91 Å². The van der Waals surface area contributed by atoms with E-state index in [0.29, 0.717) is 10.9 Å². The molecule has 0 saturated carbocycles. The third kappa shape index (κ3) is 2.20. The van der Waals surface area contributed by atoms with Crippen molar-refractivity contribution in [2.45, 2.75) is 13.8 Å². The van der Waals surface area contributed by atoms with E-state index in [1.165, 1.54) is 0 Å². The molecule has 0 aliphatic carbocycles. The quantitative estimate of drug-likeness (QED) is 0.520. The summed E-state index contributed by atoms with van der Waals surface area (Å²) in [5.41, 5.74) is 17.1. The van der Waals surface area contributed by atoms with Crippen LogP contribution < -0.4 is 11.5 Å². The lowest BCUT2D eigenvalue weighted by molar-refractivity contribution is 0.0996. The van der Waals surface area contributed by atoms with Gasteiger partial charge in [-0.3, -0.25) is 9.89 Å². The second-order valence-corrected chi connectivity index (χ2v) is 6.05. The van der Waals surface area contributed by atoms with E-state index in [0.717, 1.165) is 33.3 Å². The summed E-state index contributed by atoms with van der Waals surface area (Å²) in [4.78, 5) is 11.5. The molecule has 0 radical (unpaired) electrons. The summed E-state index contributed by atoms with van der Waals surface area (Å²) in [5.74, 6) is -0.691. The summed E-state index contributed by atoms with van der Waals surface area (Å²) in [6, 6.07) is 9.85. The van der Waals surface area contributed by atoms with Crippen LogP contribution in [0.15, 0.2) is 30.3 Å². The smallest absolute Gasteiger partial charge is 0.271 e. The second kappa shape index (κ2) is 5.27. The monoisotopic (exact) mass is 332 g/mol. The first-order valence-electron chi connectivity index (χ1n) is 7.77. The van der Waals surface area contributed by atoms with Gasteiger partial charge in [-0.15, -0.1) is 10.2 Å². The average molecular weight is 332 g/mol. The zero-order valence-corrected chi connectivity index (χ0v) is 13.8. The van der Waals surface area contributed by atoms with Crippen LogP contribution in [0.25, 0.3) is 32.9 Å². The highest BCUT2D eigenvalue weighted by atomic mass is 16.1. The van der Waals surface area contributed by atoms with Crippen molar-refractivity contribution in [3.8, 4) is 11.1 Å². The summed E-state index contributed by atoms with van der Waals surface area (Å²) >= 11 is 0. The number of nitrogens with one attached hydrogen (secondary N) is 1. The first kappa shape index (κ1) is 15.1. The van der Waals surface area contributed by atoms with E-state index in [4.69, 9.17) is 11.5 Å². The molecule has 4 rings (SSSR count). The summed E-state index contributed by atoms with van der Waals surface area (Å²) < 4.78 is 0. The molecule has 7 nitrogen and oxygen atoms in total. The Hall–Kier alpha value is -3.48. The number of aromatic nitrogens is 4. The van der Waals surface area contributed by atoms with Crippen LogP contribution >= 0.6 is 0 Å². The Bertz CT molecular complexity index is 1160. The number of rotatable bonds is 2. The SMILES string of the molecule is Cc1ccc2c(N)c(C(N)=O)nnc2c1-c1ccc2c(C)n[nH]c2c1. The van der Waals surface area contributed by atoms with Gasteiger partial charge in [0.15, 0.2) is 5.69 Å². The number of aryl methyl sites for hydroxylation is 2. The van der Waals surface area contributed by atoms with Crippen LogP contribution in [0.3, 0.4) is 0 Å². The number of benzene rings is 2. The van der Waals surface area contributed by atoms with E-state index in [1.54, 1.807) is 0 Å². The van der Waals surface area contributed by atoms with Crippen molar-refractivity contribution >= 4 is 33.4 Å². The Balaban J connectivity index is 2.03. The molecule has 2 aromatic carbocycles. The second-order valence-electron chi connectivity index (χ2n) is 6.05. The van der Waals surface area contributed by atoms with Crippen molar-refractivity contribution in [2.24, 2.45) is 5.73 Å². The molecular weight excluding hydrogens is 316 g/mol. The van der Waals surface area contributed by atoms with Gasteiger partial charge < -0.3 is 11.5 Å². The van der Waals surface area contributed by atoms with Gasteiger partial charge in [0, 0.05) is 16.3 Å². The molecule has 7 heteroatoms. The van der Waals surface area contributed by atoms with Crippen LogP contribution in [0.1, 0.15) is 21.7 Å². The van der Waals surface area contributed by atoms with Crippen LogP contribution in [0, 0.1) is 13.8 Å². The first-order chi connectivity index (χ1) is 12.0. The van der Waals surface area contributed by atoms with Crippen molar-refractivity contribution in [1.29, 1.82) is 0 Å². The number of fused-ring (bicyclic) bond motifs is 2.